The van der Waals surface area contributed by atoms with E-state index in [4.69, 9.17) is 9.05 Å². The maximum Gasteiger partial charge on any atom is 0.350 e. The Hall–Kier alpha value is -1.88. The highest BCUT2D eigenvalue weighted by atomic mass is 31.2. The molecule has 6 nitrogen and oxygen atoms in total. The van der Waals surface area contributed by atoms with E-state index in [1.165, 1.54) is 0 Å². The van der Waals surface area contributed by atoms with Crippen LogP contribution in [0.3, 0.4) is 0 Å². The molecule has 0 aliphatic heterocycles. The summed E-state index contributed by atoms with van der Waals surface area (Å²) in [6.07, 6.45) is 6.87. The normalized spacial score (nSPS) is 14.6. The lowest BCUT2D eigenvalue weighted by Gasteiger charge is -2.35. The van der Waals surface area contributed by atoms with Crippen LogP contribution in [0.15, 0.2) is 30.6 Å². The predicted molar refractivity (Wildman–Crippen MR) is 135 cm³/mol. The number of anilines is 2. The van der Waals surface area contributed by atoms with Crippen LogP contribution in [-0.2, 0) is 31.9 Å². The average molecular weight is 475 g/mol. The van der Waals surface area contributed by atoms with E-state index in [2.05, 4.69) is 31.8 Å². The number of benzene rings is 1. The molecule has 7 heteroatoms. The van der Waals surface area contributed by atoms with Crippen LogP contribution in [0.1, 0.15) is 78.0 Å². The highest BCUT2D eigenvalue weighted by Crippen LogP contribution is 2.54. The Morgan fingerprint density at radius 3 is 2.21 bits per heavy atom. The maximum absolute atomic E-state index is 14.0. The summed E-state index contributed by atoms with van der Waals surface area (Å²) in [7, 11) is -3.49. The SMILES string of the molecule is CC(C)OP(=O)(CN(c1cccnc1)c1cc(C(C)(C)C)c(O)c2c1CCCC2)OC(C)C. The lowest BCUT2D eigenvalue weighted by atomic mass is 9.80. The summed E-state index contributed by atoms with van der Waals surface area (Å²) in [5, 5.41) is 11.2. The number of pyridine rings is 1. The third-order valence-corrected chi connectivity index (χ3v) is 7.83. The van der Waals surface area contributed by atoms with Crippen LogP contribution in [0.4, 0.5) is 11.4 Å². The number of rotatable bonds is 8. The lowest BCUT2D eigenvalue weighted by Crippen LogP contribution is -2.26. The first-order valence-corrected chi connectivity index (χ1v) is 13.7. The molecular weight excluding hydrogens is 435 g/mol. The first kappa shape index (κ1) is 25.7. The zero-order chi connectivity index (χ0) is 24.4. The zero-order valence-corrected chi connectivity index (χ0v) is 22.0. The lowest BCUT2D eigenvalue weighted by molar-refractivity contribution is 0.143. The van der Waals surface area contributed by atoms with E-state index in [1.54, 1.807) is 12.4 Å². The Morgan fingerprint density at radius 1 is 1.09 bits per heavy atom. The number of aromatic nitrogens is 1. The van der Waals surface area contributed by atoms with Gasteiger partial charge in [-0.25, -0.2) is 0 Å². The molecule has 1 aliphatic carbocycles. The van der Waals surface area contributed by atoms with E-state index >= 15 is 0 Å². The molecule has 0 unspecified atom stereocenters. The molecule has 0 atom stereocenters. The summed E-state index contributed by atoms with van der Waals surface area (Å²) in [5.41, 5.74) is 4.50. The number of phenols is 1. The first-order valence-electron chi connectivity index (χ1n) is 11.9. The Kier molecular flexibility index (Phi) is 7.93. The molecule has 1 heterocycles. The minimum Gasteiger partial charge on any atom is -0.507 e. The number of phenolic OH excluding ortho intramolecular Hbond substituents is 1. The van der Waals surface area contributed by atoms with Crippen molar-refractivity contribution in [2.45, 2.75) is 91.8 Å². The molecule has 1 aromatic heterocycles. The average Bonchev–Trinajstić information content (AvgIpc) is 2.71. The summed E-state index contributed by atoms with van der Waals surface area (Å²) < 4.78 is 25.8. The third kappa shape index (κ3) is 6.17. The van der Waals surface area contributed by atoms with E-state index in [0.29, 0.717) is 5.75 Å². The van der Waals surface area contributed by atoms with Gasteiger partial charge in [-0.3, -0.25) is 9.55 Å². The van der Waals surface area contributed by atoms with Crippen molar-refractivity contribution in [3.05, 3.63) is 47.3 Å². The molecule has 0 saturated carbocycles. The fourth-order valence-corrected chi connectivity index (χ4v) is 6.56. The second-order valence-corrected chi connectivity index (χ2v) is 12.3. The molecule has 1 N–H and O–H groups in total. The molecule has 0 saturated heterocycles. The van der Waals surface area contributed by atoms with Crippen LogP contribution in [0.5, 0.6) is 5.75 Å². The number of hydrogen-bond acceptors (Lipinski definition) is 6. The van der Waals surface area contributed by atoms with Crippen LogP contribution in [-0.4, -0.2) is 28.6 Å². The van der Waals surface area contributed by atoms with Crippen LogP contribution in [0, 0.1) is 0 Å². The molecule has 0 bridgehead atoms. The molecule has 0 amide bonds. The molecule has 33 heavy (non-hydrogen) atoms. The molecule has 0 fully saturated rings. The van der Waals surface area contributed by atoms with Gasteiger partial charge in [0.2, 0.25) is 0 Å². The van der Waals surface area contributed by atoms with Gasteiger partial charge in [0.25, 0.3) is 0 Å². The van der Waals surface area contributed by atoms with Gasteiger partial charge in [-0.15, -0.1) is 0 Å². The number of fused-ring (bicyclic) bond motifs is 1. The van der Waals surface area contributed by atoms with Gasteiger partial charge >= 0.3 is 7.60 Å². The Bertz CT molecular complexity index is 986. The second-order valence-electron chi connectivity index (χ2n) is 10.4. The quantitative estimate of drug-likeness (QED) is 0.411. The molecule has 1 aliphatic rings. The van der Waals surface area contributed by atoms with Crippen molar-refractivity contribution in [2.75, 3.05) is 11.2 Å². The van der Waals surface area contributed by atoms with E-state index in [1.807, 2.05) is 44.7 Å². The smallest absolute Gasteiger partial charge is 0.350 e. The molecule has 1 aromatic carbocycles. The van der Waals surface area contributed by atoms with Gasteiger partial charge < -0.3 is 19.1 Å². The van der Waals surface area contributed by atoms with Crippen molar-refractivity contribution in [1.82, 2.24) is 4.98 Å². The summed E-state index contributed by atoms with van der Waals surface area (Å²) in [6, 6.07) is 5.89. The summed E-state index contributed by atoms with van der Waals surface area (Å²) >= 11 is 0. The number of nitrogens with zero attached hydrogens (tertiary/aromatic N) is 2. The van der Waals surface area contributed by atoms with Crippen molar-refractivity contribution >= 4 is 19.0 Å². The first-order chi connectivity index (χ1) is 15.4. The Labute approximate surface area is 198 Å². The van der Waals surface area contributed by atoms with E-state index in [0.717, 1.165) is 53.7 Å². The Morgan fingerprint density at radius 2 is 1.70 bits per heavy atom. The third-order valence-electron chi connectivity index (χ3n) is 5.71. The maximum atomic E-state index is 14.0. The van der Waals surface area contributed by atoms with Crippen molar-refractivity contribution in [3.63, 3.8) is 0 Å². The second kappa shape index (κ2) is 10.2. The van der Waals surface area contributed by atoms with Crippen molar-refractivity contribution in [2.24, 2.45) is 0 Å². The minimum atomic E-state index is -3.49. The van der Waals surface area contributed by atoms with Crippen LogP contribution in [0.2, 0.25) is 0 Å². The van der Waals surface area contributed by atoms with Crippen molar-refractivity contribution in [3.8, 4) is 5.75 Å². The van der Waals surface area contributed by atoms with Crippen molar-refractivity contribution in [1.29, 1.82) is 0 Å². The van der Waals surface area contributed by atoms with Crippen LogP contribution >= 0.6 is 7.60 Å². The van der Waals surface area contributed by atoms with Crippen LogP contribution in [0.25, 0.3) is 0 Å². The number of aromatic hydroxyl groups is 1. The zero-order valence-electron chi connectivity index (χ0n) is 21.1. The molecule has 0 spiro atoms. The van der Waals surface area contributed by atoms with Gasteiger partial charge in [-0.1, -0.05) is 20.8 Å². The topological polar surface area (TPSA) is 71.9 Å². The number of hydrogen-bond donors (Lipinski definition) is 1. The van der Waals surface area contributed by atoms with Gasteiger partial charge in [-0.05, 0) is 88.1 Å². The molecule has 182 valence electrons. The predicted octanol–water partition coefficient (Wildman–Crippen LogP) is 7.10. The monoisotopic (exact) mass is 474 g/mol. The molecular formula is C26H39N2O4P. The van der Waals surface area contributed by atoms with E-state index in [-0.39, 0.29) is 23.9 Å². The van der Waals surface area contributed by atoms with Gasteiger partial charge in [0.15, 0.2) is 0 Å². The van der Waals surface area contributed by atoms with Gasteiger partial charge in [0.1, 0.15) is 12.0 Å². The van der Waals surface area contributed by atoms with E-state index < -0.39 is 7.60 Å². The van der Waals surface area contributed by atoms with E-state index in [9.17, 15) is 9.67 Å². The highest BCUT2D eigenvalue weighted by Gasteiger charge is 2.35. The van der Waals surface area contributed by atoms with Crippen LogP contribution < -0.4 is 4.90 Å². The van der Waals surface area contributed by atoms with Gasteiger partial charge in [-0.2, -0.15) is 0 Å². The summed E-state index contributed by atoms with van der Waals surface area (Å²) in [6.45, 7) is 13.8. The van der Waals surface area contributed by atoms with Gasteiger partial charge in [0.05, 0.1) is 24.1 Å². The standard InChI is InChI=1S/C26H39N2O4P/c1-18(2)31-33(30,32-19(3)4)17-28(20-11-10-14-27-16-20)24-15-23(26(5,6)7)25(29)22-13-9-8-12-21(22)24/h10-11,14-16,18-19,29H,8-9,12-13,17H2,1-7H3. The fraction of sp³-hybridized carbons (Fsp3) is 0.577. The Balaban J connectivity index is 2.23. The minimum absolute atomic E-state index is 0.0653. The molecule has 3 rings (SSSR count). The highest BCUT2D eigenvalue weighted by molar-refractivity contribution is 7.54. The van der Waals surface area contributed by atoms with Gasteiger partial charge in [0, 0.05) is 17.4 Å². The summed E-state index contributed by atoms with van der Waals surface area (Å²) in [5.74, 6) is 0.395. The largest absolute Gasteiger partial charge is 0.507 e. The summed E-state index contributed by atoms with van der Waals surface area (Å²) in [4.78, 5) is 6.33. The fourth-order valence-electron chi connectivity index (χ4n) is 4.43. The molecule has 0 radical (unpaired) electrons. The van der Waals surface area contributed by atoms with Crippen molar-refractivity contribution < 1.29 is 18.7 Å². The molecule has 2 aromatic rings.